The number of anilines is 3. The molecule has 1 aliphatic rings. The van der Waals surface area contributed by atoms with Gasteiger partial charge in [-0.05, 0) is 42.5 Å². The molecule has 1 aliphatic heterocycles. The van der Waals surface area contributed by atoms with Crippen LogP contribution in [0, 0.1) is 0 Å². The van der Waals surface area contributed by atoms with E-state index in [2.05, 4.69) is 10.6 Å². The summed E-state index contributed by atoms with van der Waals surface area (Å²) in [6.45, 7) is 0. The number of carbonyl (C=O) groups excluding carboxylic acids is 3. The Morgan fingerprint density at radius 2 is 1.66 bits per heavy atom. The molecule has 178 valence electrons. The lowest BCUT2D eigenvalue weighted by Gasteiger charge is -2.18. The van der Waals surface area contributed by atoms with E-state index in [4.69, 9.17) is 21.1 Å². The van der Waals surface area contributed by atoms with Crippen LogP contribution in [-0.4, -0.2) is 37.0 Å². The van der Waals surface area contributed by atoms with Crippen LogP contribution in [0.4, 0.5) is 17.1 Å². The lowest BCUT2D eigenvalue weighted by molar-refractivity contribution is -0.120. The van der Waals surface area contributed by atoms with Gasteiger partial charge in [0.1, 0.15) is 28.0 Å². The van der Waals surface area contributed by atoms with Gasteiger partial charge in [0.15, 0.2) is 0 Å². The van der Waals surface area contributed by atoms with Crippen molar-refractivity contribution in [2.24, 2.45) is 0 Å². The van der Waals surface area contributed by atoms with Crippen molar-refractivity contribution in [2.45, 2.75) is 0 Å². The Balaban J connectivity index is 1.56. The van der Waals surface area contributed by atoms with E-state index in [1.807, 2.05) is 0 Å². The molecule has 0 aromatic heterocycles. The van der Waals surface area contributed by atoms with E-state index in [1.54, 1.807) is 42.5 Å². The number of hydrogen-bond donors (Lipinski definition) is 3. The Hall–Kier alpha value is -4.50. The predicted octanol–water partition coefficient (Wildman–Crippen LogP) is 4.10. The summed E-state index contributed by atoms with van der Waals surface area (Å²) in [5.74, 6) is -1.08. The standard InChI is InChI=1S/C25H20ClN3O6/c1-34-18-9-10-19(20(13-18)35-2)29-24(32)21(26)22(25(29)33)27-15-6-3-5-14(11-15)23(31)28-16-7-4-8-17(30)12-16/h3-13,27,30H,1-2H3,(H,28,31). The van der Waals surface area contributed by atoms with Crippen molar-refractivity contribution in [1.82, 2.24) is 0 Å². The molecule has 0 spiro atoms. The second kappa shape index (κ2) is 9.78. The molecule has 35 heavy (non-hydrogen) atoms. The van der Waals surface area contributed by atoms with Gasteiger partial charge < -0.3 is 25.2 Å². The van der Waals surface area contributed by atoms with E-state index in [-0.39, 0.29) is 33.5 Å². The highest BCUT2D eigenvalue weighted by atomic mass is 35.5. The highest BCUT2D eigenvalue weighted by Crippen LogP contribution is 2.37. The third-order valence-corrected chi connectivity index (χ3v) is 5.50. The number of nitrogens with one attached hydrogen (secondary N) is 2. The van der Waals surface area contributed by atoms with E-state index in [0.717, 1.165) is 4.90 Å². The highest BCUT2D eigenvalue weighted by Gasteiger charge is 2.40. The zero-order chi connectivity index (χ0) is 25.1. The maximum absolute atomic E-state index is 13.2. The third kappa shape index (κ3) is 4.75. The molecule has 3 amide bonds. The van der Waals surface area contributed by atoms with Gasteiger partial charge in [0.2, 0.25) is 0 Å². The van der Waals surface area contributed by atoms with Gasteiger partial charge in [-0.1, -0.05) is 23.7 Å². The lowest BCUT2D eigenvalue weighted by atomic mass is 10.1. The maximum Gasteiger partial charge on any atom is 0.283 e. The number of aromatic hydroxyl groups is 1. The average Bonchev–Trinajstić information content (AvgIpc) is 3.06. The number of hydrogen-bond acceptors (Lipinski definition) is 7. The number of amides is 3. The van der Waals surface area contributed by atoms with Crippen molar-refractivity contribution in [3.8, 4) is 17.2 Å². The third-order valence-electron chi connectivity index (χ3n) is 5.15. The van der Waals surface area contributed by atoms with Gasteiger partial charge in [-0.15, -0.1) is 0 Å². The molecule has 0 saturated carbocycles. The Bertz CT molecular complexity index is 1370. The van der Waals surface area contributed by atoms with Gasteiger partial charge >= 0.3 is 0 Å². The van der Waals surface area contributed by atoms with Crippen molar-refractivity contribution < 1.29 is 29.0 Å². The van der Waals surface area contributed by atoms with Crippen LogP contribution in [-0.2, 0) is 9.59 Å². The van der Waals surface area contributed by atoms with Crippen LogP contribution in [0.25, 0.3) is 0 Å². The fourth-order valence-electron chi connectivity index (χ4n) is 3.47. The average molecular weight is 494 g/mol. The Kier molecular flexibility index (Phi) is 6.61. The number of phenolic OH excluding ortho intramolecular Hbond substituents is 1. The minimum Gasteiger partial charge on any atom is -0.508 e. The lowest BCUT2D eigenvalue weighted by Crippen LogP contribution is -2.32. The van der Waals surface area contributed by atoms with Gasteiger partial charge in [0.25, 0.3) is 17.7 Å². The zero-order valence-electron chi connectivity index (χ0n) is 18.7. The molecule has 0 fully saturated rings. The number of rotatable bonds is 7. The molecule has 0 bridgehead atoms. The zero-order valence-corrected chi connectivity index (χ0v) is 19.4. The summed E-state index contributed by atoms with van der Waals surface area (Å²) in [4.78, 5) is 39.6. The maximum atomic E-state index is 13.2. The number of methoxy groups -OCH3 is 2. The summed E-state index contributed by atoms with van der Waals surface area (Å²) in [6, 6.07) is 17.1. The second-order valence-electron chi connectivity index (χ2n) is 7.38. The van der Waals surface area contributed by atoms with Crippen molar-refractivity contribution in [3.63, 3.8) is 0 Å². The SMILES string of the molecule is COc1ccc(N2C(=O)C(Cl)=C(Nc3cccc(C(=O)Nc4cccc(O)c4)c3)C2=O)c(OC)c1. The van der Waals surface area contributed by atoms with Crippen molar-refractivity contribution >= 4 is 46.4 Å². The van der Waals surface area contributed by atoms with Gasteiger partial charge in [-0.25, -0.2) is 4.90 Å². The Morgan fingerprint density at radius 3 is 2.37 bits per heavy atom. The fraction of sp³-hybridized carbons (Fsp3) is 0.0800. The molecule has 1 heterocycles. The van der Waals surface area contributed by atoms with Crippen molar-refractivity contribution in [1.29, 1.82) is 0 Å². The minimum absolute atomic E-state index is 0.0160. The Labute approximate surface area is 205 Å². The molecule has 0 aliphatic carbocycles. The van der Waals surface area contributed by atoms with E-state index >= 15 is 0 Å². The van der Waals surface area contributed by atoms with Crippen LogP contribution >= 0.6 is 11.6 Å². The van der Waals surface area contributed by atoms with E-state index < -0.39 is 17.7 Å². The molecule has 9 nitrogen and oxygen atoms in total. The fourth-order valence-corrected chi connectivity index (χ4v) is 3.68. The molecule has 0 atom stereocenters. The van der Waals surface area contributed by atoms with Crippen LogP contribution in [0.15, 0.2) is 77.5 Å². The van der Waals surface area contributed by atoms with E-state index in [1.165, 1.54) is 38.5 Å². The largest absolute Gasteiger partial charge is 0.508 e. The molecule has 3 aromatic rings. The van der Waals surface area contributed by atoms with Crippen LogP contribution < -0.4 is 25.0 Å². The summed E-state index contributed by atoms with van der Waals surface area (Å²) in [6.07, 6.45) is 0. The molecule has 0 radical (unpaired) electrons. The molecular formula is C25H20ClN3O6. The van der Waals surface area contributed by atoms with Crippen LogP contribution in [0.5, 0.6) is 17.2 Å². The van der Waals surface area contributed by atoms with Crippen molar-refractivity contribution in [3.05, 3.63) is 83.0 Å². The molecule has 3 N–H and O–H groups in total. The predicted molar refractivity (Wildman–Crippen MR) is 131 cm³/mol. The molecule has 4 rings (SSSR count). The minimum atomic E-state index is -0.722. The monoisotopic (exact) mass is 493 g/mol. The van der Waals surface area contributed by atoms with Gasteiger partial charge in [0, 0.05) is 29.1 Å². The quantitative estimate of drug-likeness (QED) is 0.424. The summed E-state index contributed by atoms with van der Waals surface area (Å²) in [5.41, 5.74) is 1.13. The topological polar surface area (TPSA) is 117 Å². The second-order valence-corrected chi connectivity index (χ2v) is 7.76. The molecule has 3 aromatic carbocycles. The van der Waals surface area contributed by atoms with Gasteiger partial charge in [-0.3, -0.25) is 14.4 Å². The first-order valence-corrected chi connectivity index (χ1v) is 10.7. The first-order valence-electron chi connectivity index (χ1n) is 10.3. The molecular weight excluding hydrogens is 474 g/mol. The smallest absolute Gasteiger partial charge is 0.283 e. The highest BCUT2D eigenvalue weighted by molar-refractivity contribution is 6.53. The number of phenols is 1. The van der Waals surface area contributed by atoms with Gasteiger partial charge in [-0.2, -0.15) is 0 Å². The van der Waals surface area contributed by atoms with Crippen LogP contribution in [0.2, 0.25) is 0 Å². The first kappa shape index (κ1) is 23.7. The molecule has 0 saturated heterocycles. The number of carbonyl (C=O) groups is 3. The molecule has 0 unspecified atom stereocenters. The van der Waals surface area contributed by atoms with E-state index in [0.29, 0.717) is 17.1 Å². The number of nitrogens with zero attached hydrogens (tertiary/aromatic N) is 1. The normalized spacial score (nSPS) is 13.2. The van der Waals surface area contributed by atoms with E-state index in [9.17, 15) is 19.5 Å². The Morgan fingerprint density at radius 1 is 0.914 bits per heavy atom. The summed E-state index contributed by atoms with van der Waals surface area (Å²) in [5, 5.41) is 14.8. The number of benzene rings is 3. The summed E-state index contributed by atoms with van der Waals surface area (Å²) in [7, 11) is 2.89. The summed E-state index contributed by atoms with van der Waals surface area (Å²) < 4.78 is 10.5. The number of ether oxygens (including phenoxy) is 2. The van der Waals surface area contributed by atoms with Crippen LogP contribution in [0.3, 0.4) is 0 Å². The number of halogens is 1. The van der Waals surface area contributed by atoms with Crippen LogP contribution in [0.1, 0.15) is 10.4 Å². The first-order chi connectivity index (χ1) is 16.8. The van der Waals surface area contributed by atoms with Crippen molar-refractivity contribution in [2.75, 3.05) is 29.8 Å². The van der Waals surface area contributed by atoms with Gasteiger partial charge in [0.05, 0.1) is 19.9 Å². The summed E-state index contributed by atoms with van der Waals surface area (Å²) >= 11 is 6.23. The number of imide groups is 1. The molecule has 10 heteroatoms.